The van der Waals surface area contributed by atoms with E-state index in [1.807, 2.05) is 29.2 Å². The average Bonchev–Trinajstić information content (AvgIpc) is 3.24. The highest BCUT2D eigenvalue weighted by atomic mass is 127. The lowest BCUT2D eigenvalue weighted by molar-refractivity contribution is 0.0724. The van der Waals surface area contributed by atoms with Gasteiger partial charge in [-0.2, -0.15) is 0 Å². The Labute approximate surface area is 185 Å². The van der Waals surface area contributed by atoms with Crippen molar-refractivity contribution in [3.63, 3.8) is 0 Å². The Morgan fingerprint density at radius 3 is 2.54 bits per heavy atom. The molecule has 7 heteroatoms. The van der Waals surface area contributed by atoms with Gasteiger partial charge in [0.05, 0.1) is 12.6 Å². The minimum atomic E-state index is 0. The number of benzene rings is 1. The van der Waals surface area contributed by atoms with Crippen LogP contribution in [0.2, 0.25) is 0 Å². The number of hydrogen-bond acceptors (Lipinski definition) is 3. The van der Waals surface area contributed by atoms with Gasteiger partial charge in [-0.3, -0.25) is 4.79 Å². The second-order valence-corrected chi connectivity index (χ2v) is 7.26. The van der Waals surface area contributed by atoms with Crippen LogP contribution in [0.5, 0.6) is 0 Å². The van der Waals surface area contributed by atoms with Gasteiger partial charge in [-0.1, -0.05) is 12.1 Å². The molecule has 0 bridgehead atoms. The van der Waals surface area contributed by atoms with Crippen molar-refractivity contribution in [1.82, 2.24) is 15.5 Å². The maximum absolute atomic E-state index is 12.5. The molecule has 2 aliphatic rings. The monoisotopic (exact) mass is 500 g/mol. The first-order valence-corrected chi connectivity index (χ1v) is 10.3. The number of aliphatic imine (C=N–C) groups is 1. The number of halogens is 1. The Kier molecular flexibility index (Phi) is 10.0. The summed E-state index contributed by atoms with van der Waals surface area (Å²) in [5.41, 5.74) is 1.87. The van der Waals surface area contributed by atoms with Crippen LogP contribution < -0.4 is 10.6 Å². The number of nitrogens with one attached hydrogen (secondary N) is 2. The van der Waals surface area contributed by atoms with Gasteiger partial charge < -0.3 is 20.3 Å². The maximum Gasteiger partial charge on any atom is 0.253 e. The molecule has 1 aromatic carbocycles. The largest absolute Gasteiger partial charge is 0.376 e. The lowest BCUT2D eigenvalue weighted by Crippen LogP contribution is -2.41. The molecule has 0 spiro atoms. The molecule has 6 nitrogen and oxygen atoms in total. The molecule has 1 amide bonds. The summed E-state index contributed by atoms with van der Waals surface area (Å²) in [7, 11) is 0. The Bertz CT molecular complexity index is 624. The predicted molar refractivity (Wildman–Crippen MR) is 123 cm³/mol. The summed E-state index contributed by atoms with van der Waals surface area (Å²) in [5, 5.41) is 6.63. The number of hydrogen-bond donors (Lipinski definition) is 2. The van der Waals surface area contributed by atoms with E-state index >= 15 is 0 Å². The van der Waals surface area contributed by atoms with E-state index in [2.05, 4.69) is 22.5 Å². The minimum absolute atomic E-state index is 0. The second-order valence-electron chi connectivity index (χ2n) is 7.26. The first-order valence-electron chi connectivity index (χ1n) is 10.3. The molecule has 0 aromatic heterocycles. The first-order chi connectivity index (χ1) is 13.3. The quantitative estimate of drug-likeness (QED) is 0.358. The van der Waals surface area contributed by atoms with Crippen LogP contribution >= 0.6 is 24.0 Å². The van der Waals surface area contributed by atoms with Crippen LogP contribution in [0.4, 0.5) is 0 Å². The van der Waals surface area contributed by atoms with Crippen molar-refractivity contribution >= 4 is 35.8 Å². The second kappa shape index (κ2) is 12.3. The van der Waals surface area contributed by atoms with Gasteiger partial charge in [-0.15, -0.1) is 24.0 Å². The first kappa shape index (κ1) is 22.9. The number of rotatable bonds is 6. The average molecular weight is 500 g/mol. The van der Waals surface area contributed by atoms with Crippen molar-refractivity contribution in [2.75, 3.05) is 32.8 Å². The van der Waals surface area contributed by atoms with Gasteiger partial charge in [-0.05, 0) is 56.7 Å². The van der Waals surface area contributed by atoms with Crippen molar-refractivity contribution in [2.24, 2.45) is 4.99 Å². The highest BCUT2D eigenvalue weighted by Crippen LogP contribution is 2.14. The molecule has 2 saturated heterocycles. The van der Waals surface area contributed by atoms with E-state index < -0.39 is 0 Å². The molecule has 156 valence electrons. The SMILES string of the molecule is CCNC(=NCc1ccc(C(=O)N2CCCCC2)cc1)NCC1CCCO1.I. The third-order valence-electron chi connectivity index (χ3n) is 5.13. The number of guanidine groups is 1. The van der Waals surface area contributed by atoms with Crippen LogP contribution in [-0.2, 0) is 11.3 Å². The van der Waals surface area contributed by atoms with Crippen molar-refractivity contribution in [3.8, 4) is 0 Å². The van der Waals surface area contributed by atoms with Crippen LogP contribution in [0, 0.1) is 0 Å². The summed E-state index contributed by atoms with van der Waals surface area (Å²) in [6.07, 6.45) is 6.00. The van der Waals surface area contributed by atoms with Gasteiger partial charge in [0.2, 0.25) is 0 Å². The van der Waals surface area contributed by atoms with E-state index in [1.165, 1.54) is 6.42 Å². The zero-order valence-electron chi connectivity index (χ0n) is 16.8. The number of ether oxygens (including phenoxy) is 1. The van der Waals surface area contributed by atoms with Crippen LogP contribution in [0.3, 0.4) is 0 Å². The van der Waals surface area contributed by atoms with Crippen molar-refractivity contribution in [2.45, 2.75) is 51.7 Å². The molecular weight excluding hydrogens is 467 g/mol. The Morgan fingerprint density at radius 1 is 1.14 bits per heavy atom. The van der Waals surface area contributed by atoms with Crippen LogP contribution in [0.25, 0.3) is 0 Å². The molecule has 0 saturated carbocycles. The van der Waals surface area contributed by atoms with Gasteiger partial charge in [0.25, 0.3) is 5.91 Å². The van der Waals surface area contributed by atoms with Crippen molar-refractivity contribution < 1.29 is 9.53 Å². The van der Waals surface area contributed by atoms with E-state index in [0.29, 0.717) is 6.54 Å². The Hall–Kier alpha value is -1.35. The van der Waals surface area contributed by atoms with E-state index in [4.69, 9.17) is 4.74 Å². The fraction of sp³-hybridized carbons (Fsp3) is 0.619. The molecule has 2 aliphatic heterocycles. The minimum Gasteiger partial charge on any atom is -0.376 e. The molecule has 1 unspecified atom stereocenters. The molecule has 1 aromatic rings. The normalized spacial score (nSPS) is 19.8. The molecule has 2 heterocycles. The third kappa shape index (κ3) is 6.92. The smallest absolute Gasteiger partial charge is 0.253 e. The molecular formula is C21H33IN4O2. The number of likely N-dealkylation sites (tertiary alicyclic amines) is 1. The topological polar surface area (TPSA) is 66.0 Å². The molecule has 0 aliphatic carbocycles. The molecule has 3 rings (SSSR count). The van der Waals surface area contributed by atoms with Crippen molar-refractivity contribution in [3.05, 3.63) is 35.4 Å². The molecule has 0 radical (unpaired) electrons. The number of nitrogens with zero attached hydrogens (tertiary/aromatic N) is 2. The van der Waals surface area contributed by atoms with E-state index in [1.54, 1.807) is 0 Å². The molecule has 1 atom stereocenters. The summed E-state index contributed by atoms with van der Waals surface area (Å²) in [5.74, 6) is 0.956. The third-order valence-corrected chi connectivity index (χ3v) is 5.13. The van der Waals surface area contributed by atoms with Gasteiger partial charge >= 0.3 is 0 Å². The highest BCUT2D eigenvalue weighted by Gasteiger charge is 2.18. The molecule has 2 N–H and O–H groups in total. The lowest BCUT2D eigenvalue weighted by atomic mass is 10.1. The van der Waals surface area contributed by atoms with Gasteiger partial charge in [0, 0.05) is 38.3 Å². The van der Waals surface area contributed by atoms with Gasteiger partial charge in [0.1, 0.15) is 0 Å². The number of amides is 1. The van der Waals surface area contributed by atoms with E-state index in [0.717, 1.165) is 75.6 Å². The van der Waals surface area contributed by atoms with Gasteiger partial charge in [-0.25, -0.2) is 4.99 Å². The van der Waals surface area contributed by atoms with Crippen molar-refractivity contribution in [1.29, 1.82) is 0 Å². The maximum atomic E-state index is 12.5. The summed E-state index contributed by atoms with van der Waals surface area (Å²) in [4.78, 5) is 19.2. The summed E-state index contributed by atoms with van der Waals surface area (Å²) < 4.78 is 5.65. The van der Waals surface area contributed by atoms with Crippen LogP contribution in [0.1, 0.15) is 54.9 Å². The fourth-order valence-corrected chi connectivity index (χ4v) is 3.56. The summed E-state index contributed by atoms with van der Waals surface area (Å²) >= 11 is 0. The number of carbonyl (C=O) groups is 1. The lowest BCUT2D eigenvalue weighted by Gasteiger charge is -2.26. The molecule has 2 fully saturated rings. The standard InChI is InChI=1S/C21H32N4O2.HI/c1-2-22-21(24-16-19-7-6-14-27-19)23-15-17-8-10-18(11-9-17)20(26)25-12-4-3-5-13-25;/h8-11,19H,2-7,12-16H2,1H3,(H2,22,23,24);1H. The van der Waals surface area contributed by atoms with E-state index in [9.17, 15) is 4.79 Å². The highest BCUT2D eigenvalue weighted by molar-refractivity contribution is 14.0. The number of carbonyl (C=O) groups excluding carboxylic acids is 1. The Balaban J connectivity index is 0.00000280. The van der Waals surface area contributed by atoms with E-state index in [-0.39, 0.29) is 36.0 Å². The summed E-state index contributed by atoms with van der Waals surface area (Å²) in [6, 6.07) is 7.86. The zero-order valence-corrected chi connectivity index (χ0v) is 19.1. The molecule has 28 heavy (non-hydrogen) atoms. The zero-order chi connectivity index (χ0) is 18.9. The number of piperidine rings is 1. The van der Waals surface area contributed by atoms with Crippen LogP contribution in [0.15, 0.2) is 29.3 Å². The fourth-order valence-electron chi connectivity index (χ4n) is 3.56. The predicted octanol–water partition coefficient (Wildman–Crippen LogP) is 3.16. The van der Waals surface area contributed by atoms with Crippen LogP contribution in [-0.4, -0.2) is 55.7 Å². The van der Waals surface area contributed by atoms with Gasteiger partial charge in [0.15, 0.2) is 5.96 Å². The Morgan fingerprint density at radius 2 is 1.89 bits per heavy atom. The summed E-state index contributed by atoms with van der Waals surface area (Å²) in [6.45, 7) is 6.88.